The second kappa shape index (κ2) is 13.8. The molecule has 6 atom stereocenters. The molecular weight excluding hydrogens is 639 g/mol. The molecule has 48 heavy (non-hydrogen) atoms. The summed E-state index contributed by atoms with van der Waals surface area (Å²) in [5.41, 5.74) is 1.15. The van der Waals surface area contributed by atoms with Gasteiger partial charge in [-0.2, -0.15) is 0 Å². The molecule has 3 heterocycles. The maximum absolute atomic E-state index is 16.3. The number of anilines is 3. The van der Waals surface area contributed by atoms with E-state index in [9.17, 15) is 29.7 Å². The lowest BCUT2D eigenvalue weighted by atomic mass is 9.82. The number of aromatic nitrogens is 3. The Morgan fingerprint density at radius 2 is 1.69 bits per heavy atom. The van der Waals surface area contributed by atoms with Crippen molar-refractivity contribution in [3.63, 3.8) is 0 Å². The monoisotopic (exact) mass is 682 g/mol. The van der Waals surface area contributed by atoms with Crippen molar-refractivity contribution < 1.29 is 38.5 Å². The number of aliphatic hydroxyl groups excluding tert-OH is 3. The summed E-state index contributed by atoms with van der Waals surface area (Å²) in [4.78, 5) is 40.7. The van der Waals surface area contributed by atoms with Gasteiger partial charge in [0.25, 0.3) is 17.7 Å². The molecule has 2 aliphatic heterocycles. The second-order valence-corrected chi connectivity index (χ2v) is 17.0. The first-order chi connectivity index (χ1) is 22.6. The van der Waals surface area contributed by atoms with E-state index < -0.39 is 55.6 Å². The molecule has 1 fully saturated rings. The number of benzene rings is 2. The van der Waals surface area contributed by atoms with Crippen molar-refractivity contribution in [2.45, 2.75) is 89.3 Å². The molecule has 1 saturated heterocycles. The van der Waals surface area contributed by atoms with Gasteiger partial charge in [0.15, 0.2) is 5.60 Å². The van der Waals surface area contributed by atoms with Crippen molar-refractivity contribution in [1.29, 1.82) is 0 Å². The van der Waals surface area contributed by atoms with Crippen LogP contribution >= 0.6 is 0 Å². The molecule has 1 spiro atoms. The van der Waals surface area contributed by atoms with Crippen LogP contribution in [0.5, 0.6) is 0 Å². The minimum absolute atomic E-state index is 0.0600. The lowest BCUT2D eigenvalue weighted by Crippen LogP contribution is -2.45. The number of carbonyl (C=O) groups is 3. The van der Waals surface area contributed by atoms with Gasteiger partial charge in [-0.1, -0.05) is 24.3 Å². The van der Waals surface area contributed by atoms with Crippen LogP contribution in [0.15, 0.2) is 48.7 Å². The third-order valence-corrected chi connectivity index (χ3v) is 11.6. The minimum Gasteiger partial charge on any atom is -0.396 e. The van der Waals surface area contributed by atoms with Gasteiger partial charge >= 0.3 is 0 Å². The van der Waals surface area contributed by atoms with E-state index in [2.05, 4.69) is 20.9 Å². The molecule has 3 aromatic rings. The molecule has 0 saturated carbocycles. The molecule has 1 aromatic heterocycles. The zero-order chi connectivity index (χ0) is 35.0. The highest BCUT2D eigenvalue weighted by atomic mass is 28.4. The number of rotatable bonds is 12. The van der Waals surface area contributed by atoms with Crippen molar-refractivity contribution in [2.75, 3.05) is 22.1 Å². The van der Waals surface area contributed by atoms with Gasteiger partial charge < -0.3 is 39.7 Å². The fourth-order valence-electron chi connectivity index (χ4n) is 6.86. The van der Waals surface area contributed by atoms with Crippen molar-refractivity contribution in [3.8, 4) is 0 Å². The Kier molecular flexibility index (Phi) is 10.2. The number of halogens is 1. The molecule has 3 amide bonds. The zero-order valence-corrected chi connectivity index (χ0v) is 28.7. The average Bonchev–Trinajstić information content (AvgIpc) is 3.67. The number of fused-ring (bicyclic) bond motifs is 2. The van der Waals surface area contributed by atoms with Gasteiger partial charge in [-0.05, 0) is 69.3 Å². The molecule has 2 aromatic carbocycles. The van der Waals surface area contributed by atoms with Gasteiger partial charge in [-0.15, -0.1) is 5.10 Å². The SMILES string of the molecule is C[C@H](O)C(=O)Nc1ccc(CN2C(=O)[C@@]3(O[C@@H](CCn4cc(CCO)nn4)[C@H]([Si](C)(C)F)[C@H]3C)c3cc(NC(=O)[C@H](C)O)ccc32)cc1. The third kappa shape index (κ3) is 6.91. The van der Waals surface area contributed by atoms with Crippen LogP contribution in [0.25, 0.3) is 0 Å². The quantitative estimate of drug-likeness (QED) is 0.142. The normalized spacial score (nSPS) is 23.3. The summed E-state index contributed by atoms with van der Waals surface area (Å²) < 4.78 is 24.7. The Morgan fingerprint density at radius 1 is 1.06 bits per heavy atom. The largest absolute Gasteiger partial charge is 0.396 e. The fraction of sp³-hybridized carbons (Fsp3) is 0.485. The Morgan fingerprint density at radius 3 is 2.29 bits per heavy atom. The predicted octanol–water partition coefficient (Wildman–Crippen LogP) is 2.86. The van der Waals surface area contributed by atoms with Crippen LogP contribution in [0, 0.1) is 5.92 Å². The van der Waals surface area contributed by atoms with Crippen molar-refractivity contribution in [2.24, 2.45) is 5.92 Å². The van der Waals surface area contributed by atoms with Crippen LogP contribution in [0.2, 0.25) is 18.6 Å². The van der Waals surface area contributed by atoms with Crippen LogP contribution < -0.4 is 15.5 Å². The predicted molar refractivity (Wildman–Crippen MR) is 178 cm³/mol. The molecule has 5 rings (SSSR count). The van der Waals surface area contributed by atoms with Gasteiger partial charge in [-0.3, -0.25) is 19.1 Å². The summed E-state index contributed by atoms with van der Waals surface area (Å²) in [6.07, 6.45) is -0.620. The summed E-state index contributed by atoms with van der Waals surface area (Å²) >= 11 is 0. The number of nitrogens with zero attached hydrogens (tertiary/aromatic N) is 4. The first-order valence-corrected chi connectivity index (χ1v) is 19.0. The van der Waals surface area contributed by atoms with Gasteiger partial charge in [0.1, 0.15) is 12.2 Å². The van der Waals surface area contributed by atoms with Crippen LogP contribution in [-0.4, -0.2) is 81.4 Å². The van der Waals surface area contributed by atoms with E-state index in [4.69, 9.17) is 4.74 Å². The molecule has 15 heteroatoms. The molecule has 0 unspecified atom stereocenters. The summed E-state index contributed by atoms with van der Waals surface area (Å²) in [6, 6.07) is 11.9. The molecule has 5 N–H and O–H groups in total. The number of nitrogens with one attached hydrogen (secondary N) is 2. The first kappa shape index (κ1) is 35.3. The number of hydrogen-bond acceptors (Lipinski definition) is 9. The Labute approximate surface area is 279 Å². The number of aryl methyl sites for hydroxylation is 1. The molecule has 13 nitrogen and oxygen atoms in total. The topological polar surface area (TPSA) is 179 Å². The number of amides is 3. The highest BCUT2D eigenvalue weighted by Crippen LogP contribution is 2.60. The van der Waals surface area contributed by atoms with Gasteiger partial charge in [0.2, 0.25) is 8.41 Å². The molecule has 258 valence electrons. The molecule has 0 aliphatic carbocycles. The van der Waals surface area contributed by atoms with Crippen LogP contribution in [0.1, 0.15) is 44.0 Å². The van der Waals surface area contributed by atoms with E-state index in [1.807, 2.05) is 6.92 Å². The molecule has 0 radical (unpaired) electrons. The van der Waals surface area contributed by atoms with E-state index in [1.54, 1.807) is 71.3 Å². The molecule has 2 aliphatic rings. The number of ether oxygens (including phenoxy) is 1. The van der Waals surface area contributed by atoms with E-state index >= 15 is 4.11 Å². The van der Waals surface area contributed by atoms with E-state index in [-0.39, 0.29) is 19.1 Å². The first-order valence-electron chi connectivity index (χ1n) is 16.1. The zero-order valence-electron chi connectivity index (χ0n) is 27.7. The smallest absolute Gasteiger partial charge is 0.264 e. The molecule has 0 bridgehead atoms. The maximum Gasteiger partial charge on any atom is 0.264 e. The third-order valence-electron chi connectivity index (χ3n) is 9.15. The van der Waals surface area contributed by atoms with Gasteiger partial charge in [-0.25, -0.2) is 0 Å². The van der Waals surface area contributed by atoms with E-state index in [0.717, 1.165) is 5.56 Å². The Balaban J connectivity index is 1.51. The summed E-state index contributed by atoms with van der Waals surface area (Å²) in [6.45, 7) is 8.25. The van der Waals surface area contributed by atoms with Crippen molar-refractivity contribution >= 4 is 43.2 Å². The fourth-order valence-corrected chi connectivity index (χ4v) is 9.40. The maximum atomic E-state index is 16.3. The van der Waals surface area contributed by atoms with E-state index in [0.29, 0.717) is 47.7 Å². The standard InChI is InChI=1S/C33H43FN6O7Si/c1-19-29(48(4,5)34)28(12-14-39-18-25(13-15-41)37-38-39)47-33(19)26-16-24(36-31(45)21(3)43)10-11-27(26)40(32(33)46)17-22-6-8-23(9-7-22)35-30(44)20(2)42/h6-11,16,18-21,28-29,41-43H,12-15,17H2,1-5H3,(H,35,44)(H,36,45)/t19-,20+,21+,28+,29-,33+/m1/s1. The van der Waals surface area contributed by atoms with E-state index in [1.165, 1.54) is 13.8 Å². The number of aliphatic hydroxyl groups is 3. The van der Waals surface area contributed by atoms with Crippen LogP contribution in [0.4, 0.5) is 21.2 Å². The van der Waals surface area contributed by atoms with Crippen molar-refractivity contribution in [3.05, 3.63) is 65.5 Å². The average molecular weight is 683 g/mol. The molecular formula is C33H43FN6O7Si. The summed E-state index contributed by atoms with van der Waals surface area (Å²) in [5, 5.41) is 42.1. The Bertz CT molecular complexity index is 1660. The highest BCUT2D eigenvalue weighted by molar-refractivity contribution is 6.72. The van der Waals surface area contributed by atoms with Crippen molar-refractivity contribution in [1.82, 2.24) is 15.0 Å². The number of hydrogen-bond donors (Lipinski definition) is 5. The summed E-state index contributed by atoms with van der Waals surface area (Å²) in [7, 11) is -3.45. The van der Waals surface area contributed by atoms with Gasteiger partial charge in [0.05, 0.1) is 24.0 Å². The van der Waals surface area contributed by atoms with Gasteiger partial charge in [0, 0.05) is 54.2 Å². The van der Waals surface area contributed by atoms with Crippen LogP contribution in [-0.2, 0) is 44.2 Å². The second-order valence-electron chi connectivity index (χ2n) is 13.2. The lowest BCUT2D eigenvalue weighted by molar-refractivity contribution is -0.146. The lowest BCUT2D eigenvalue weighted by Gasteiger charge is -2.31. The van der Waals surface area contributed by atoms with Crippen LogP contribution in [0.3, 0.4) is 0 Å². The minimum atomic E-state index is -3.45. The number of carbonyl (C=O) groups excluding carboxylic acids is 3. The summed E-state index contributed by atoms with van der Waals surface area (Å²) in [5.74, 6) is -2.09. The Hall–Kier alpha value is -4.02. The highest BCUT2D eigenvalue weighted by Gasteiger charge is 2.66.